The Balaban J connectivity index is 1.45. The highest BCUT2D eigenvalue weighted by Crippen LogP contribution is 2.32. The fourth-order valence-corrected chi connectivity index (χ4v) is 2.80. The van der Waals surface area contributed by atoms with E-state index in [-0.39, 0.29) is 25.1 Å². The predicted octanol–water partition coefficient (Wildman–Crippen LogP) is 3.93. The standard InChI is InChI=1S/C22H17NO5/c24-18(15-10-11-20-21(12-15)28-14-27-20)13-26-19-9-5-4-8-17(19)22(25)23-16-6-2-1-3-7-16/h1-12H,13-14H2,(H,23,25). The predicted molar refractivity (Wildman–Crippen MR) is 103 cm³/mol. The van der Waals surface area contributed by atoms with Gasteiger partial charge in [-0.1, -0.05) is 30.3 Å². The van der Waals surface area contributed by atoms with E-state index in [1.54, 1.807) is 54.6 Å². The van der Waals surface area contributed by atoms with Gasteiger partial charge in [0.2, 0.25) is 6.79 Å². The van der Waals surface area contributed by atoms with Gasteiger partial charge in [-0.3, -0.25) is 9.59 Å². The molecule has 1 aliphatic rings. The van der Waals surface area contributed by atoms with Gasteiger partial charge >= 0.3 is 0 Å². The lowest BCUT2D eigenvalue weighted by atomic mass is 10.1. The van der Waals surface area contributed by atoms with Gasteiger partial charge < -0.3 is 19.5 Å². The van der Waals surface area contributed by atoms with Gasteiger partial charge in [-0.05, 0) is 42.5 Å². The van der Waals surface area contributed by atoms with Crippen LogP contribution >= 0.6 is 0 Å². The van der Waals surface area contributed by atoms with Crippen molar-refractivity contribution in [3.05, 3.63) is 83.9 Å². The van der Waals surface area contributed by atoms with Crippen molar-refractivity contribution in [2.24, 2.45) is 0 Å². The number of benzene rings is 3. The normalized spacial score (nSPS) is 11.7. The molecule has 0 saturated carbocycles. The maximum atomic E-state index is 12.6. The van der Waals surface area contributed by atoms with Gasteiger partial charge in [0.1, 0.15) is 5.75 Å². The Morgan fingerprint density at radius 2 is 1.64 bits per heavy atom. The molecule has 1 N–H and O–H groups in total. The number of ether oxygens (including phenoxy) is 3. The molecule has 6 heteroatoms. The number of hydrogen-bond donors (Lipinski definition) is 1. The number of fused-ring (bicyclic) bond motifs is 1. The number of anilines is 1. The lowest BCUT2D eigenvalue weighted by Crippen LogP contribution is -2.16. The average molecular weight is 375 g/mol. The van der Waals surface area contributed by atoms with Gasteiger partial charge in [-0.25, -0.2) is 0 Å². The highest BCUT2D eigenvalue weighted by molar-refractivity contribution is 6.06. The summed E-state index contributed by atoms with van der Waals surface area (Å²) in [7, 11) is 0. The van der Waals surface area contributed by atoms with Crippen LogP contribution in [0.15, 0.2) is 72.8 Å². The van der Waals surface area contributed by atoms with Gasteiger partial charge in [0.15, 0.2) is 23.9 Å². The van der Waals surface area contributed by atoms with Gasteiger partial charge in [0, 0.05) is 11.3 Å². The Hall–Kier alpha value is -3.80. The molecule has 0 atom stereocenters. The molecule has 3 aromatic rings. The molecule has 1 heterocycles. The molecule has 0 aromatic heterocycles. The van der Waals surface area contributed by atoms with Gasteiger partial charge in [-0.2, -0.15) is 0 Å². The van der Waals surface area contributed by atoms with Gasteiger partial charge in [-0.15, -0.1) is 0 Å². The van der Waals surface area contributed by atoms with Crippen molar-refractivity contribution in [2.75, 3.05) is 18.7 Å². The number of hydrogen-bond acceptors (Lipinski definition) is 5. The van der Waals surface area contributed by atoms with Gasteiger partial charge in [0.05, 0.1) is 5.56 Å². The fourth-order valence-electron chi connectivity index (χ4n) is 2.80. The fraction of sp³-hybridized carbons (Fsp3) is 0.0909. The molecule has 1 aliphatic heterocycles. The molecule has 0 bridgehead atoms. The van der Waals surface area contributed by atoms with Crippen LogP contribution in [0.1, 0.15) is 20.7 Å². The minimum atomic E-state index is -0.308. The van der Waals surface area contributed by atoms with Crippen LogP contribution in [0.4, 0.5) is 5.69 Å². The summed E-state index contributed by atoms with van der Waals surface area (Å²) in [5.41, 5.74) is 1.49. The molecule has 0 saturated heterocycles. The first-order chi connectivity index (χ1) is 13.7. The van der Waals surface area contributed by atoms with Crippen molar-refractivity contribution in [3.8, 4) is 17.2 Å². The number of rotatable bonds is 6. The van der Waals surface area contributed by atoms with Crippen LogP contribution in [0.2, 0.25) is 0 Å². The van der Waals surface area contributed by atoms with Crippen LogP contribution in [0.3, 0.4) is 0 Å². The van der Waals surface area contributed by atoms with Crippen LogP contribution in [0.5, 0.6) is 17.2 Å². The molecule has 6 nitrogen and oxygen atoms in total. The maximum Gasteiger partial charge on any atom is 0.259 e. The molecule has 3 aromatic carbocycles. The van der Waals surface area contributed by atoms with E-state index in [0.717, 1.165) is 0 Å². The molecule has 140 valence electrons. The summed E-state index contributed by atoms with van der Waals surface area (Å²) >= 11 is 0. The molecule has 0 unspecified atom stereocenters. The summed E-state index contributed by atoms with van der Waals surface area (Å²) in [5.74, 6) is 0.952. The summed E-state index contributed by atoms with van der Waals surface area (Å²) in [4.78, 5) is 25.0. The number of para-hydroxylation sites is 2. The summed E-state index contributed by atoms with van der Waals surface area (Å²) in [5, 5.41) is 2.81. The zero-order valence-electron chi connectivity index (χ0n) is 14.9. The topological polar surface area (TPSA) is 73.9 Å². The van der Waals surface area contributed by atoms with E-state index >= 15 is 0 Å². The first kappa shape index (κ1) is 17.6. The van der Waals surface area contributed by atoms with E-state index < -0.39 is 0 Å². The lowest BCUT2D eigenvalue weighted by molar-refractivity contribution is 0.0914. The minimum Gasteiger partial charge on any atom is -0.485 e. The number of nitrogens with one attached hydrogen (secondary N) is 1. The van der Waals surface area contributed by atoms with Crippen LogP contribution in [-0.4, -0.2) is 25.1 Å². The van der Waals surface area contributed by atoms with E-state index in [0.29, 0.717) is 34.1 Å². The van der Waals surface area contributed by atoms with E-state index in [1.807, 2.05) is 18.2 Å². The molecule has 0 aliphatic carbocycles. The van der Waals surface area contributed by atoms with Crippen molar-refractivity contribution in [3.63, 3.8) is 0 Å². The van der Waals surface area contributed by atoms with E-state index in [1.165, 1.54) is 0 Å². The van der Waals surface area contributed by atoms with Crippen molar-refractivity contribution < 1.29 is 23.8 Å². The molecule has 0 radical (unpaired) electrons. The van der Waals surface area contributed by atoms with E-state index in [9.17, 15) is 9.59 Å². The highest BCUT2D eigenvalue weighted by atomic mass is 16.7. The number of ketones is 1. The van der Waals surface area contributed by atoms with Gasteiger partial charge in [0.25, 0.3) is 5.91 Å². The number of amides is 1. The van der Waals surface area contributed by atoms with Crippen LogP contribution in [-0.2, 0) is 0 Å². The average Bonchev–Trinajstić information content (AvgIpc) is 3.21. The van der Waals surface area contributed by atoms with Crippen LogP contribution in [0, 0.1) is 0 Å². The smallest absolute Gasteiger partial charge is 0.259 e. The summed E-state index contributed by atoms with van der Waals surface area (Å²) in [6.07, 6.45) is 0. The van der Waals surface area contributed by atoms with E-state index in [2.05, 4.69) is 5.32 Å². The Bertz CT molecular complexity index is 1020. The third kappa shape index (κ3) is 3.81. The Morgan fingerprint density at radius 3 is 2.50 bits per heavy atom. The summed E-state index contributed by atoms with van der Waals surface area (Å²) in [6.45, 7) is -0.0529. The second-order valence-electron chi connectivity index (χ2n) is 6.10. The zero-order chi connectivity index (χ0) is 19.3. The molecular weight excluding hydrogens is 358 g/mol. The summed E-state index contributed by atoms with van der Waals surface area (Å²) in [6, 6.07) is 20.9. The quantitative estimate of drug-likeness (QED) is 0.661. The SMILES string of the molecule is O=C(COc1ccccc1C(=O)Nc1ccccc1)c1ccc2c(c1)OCO2. The monoisotopic (exact) mass is 375 g/mol. The van der Waals surface area contributed by atoms with Crippen LogP contribution < -0.4 is 19.5 Å². The molecule has 0 fully saturated rings. The largest absolute Gasteiger partial charge is 0.485 e. The molecule has 0 spiro atoms. The molecule has 4 rings (SSSR count). The molecule has 28 heavy (non-hydrogen) atoms. The van der Waals surface area contributed by atoms with E-state index in [4.69, 9.17) is 14.2 Å². The Labute approximate surface area is 161 Å². The lowest BCUT2D eigenvalue weighted by Gasteiger charge is -2.11. The highest BCUT2D eigenvalue weighted by Gasteiger charge is 2.18. The number of Topliss-reactive ketones (excluding diaryl/α,β-unsaturated/α-hetero) is 1. The second-order valence-corrected chi connectivity index (χ2v) is 6.10. The Kier molecular flexibility index (Phi) is 4.93. The maximum absolute atomic E-state index is 12.6. The zero-order valence-corrected chi connectivity index (χ0v) is 14.9. The van der Waals surface area contributed by atoms with Crippen molar-refractivity contribution in [2.45, 2.75) is 0 Å². The molecule has 1 amide bonds. The third-order valence-corrected chi connectivity index (χ3v) is 4.22. The summed E-state index contributed by atoms with van der Waals surface area (Å²) < 4.78 is 16.2. The Morgan fingerprint density at radius 1 is 0.893 bits per heavy atom. The first-order valence-corrected chi connectivity index (χ1v) is 8.72. The van der Waals surface area contributed by atoms with Crippen molar-refractivity contribution in [1.29, 1.82) is 0 Å². The first-order valence-electron chi connectivity index (χ1n) is 8.72. The number of carbonyl (C=O) groups is 2. The minimum absolute atomic E-state index is 0.146. The third-order valence-electron chi connectivity index (χ3n) is 4.22. The number of carbonyl (C=O) groups excluding carboxylic acids is 2. The van der Waals surface area contributed by atoms with Crippen LogP contribution in [0.25, 0.3) is 0 Å². The second kappa shape index (κ2) is 7.84. The van der Waals surface area contributed by atoms with Crippen molar-refractivity contribution >= 4 is 17.4 Å². The van der Waals surface area contributed by atoms with Crippen molar-refractivity contribution in [1.82, 2.24) is 0 Å². The molecular formula is C22H17NO5.